The van der Waals surface area contributed by atoms with E-state index in [1.54, 1.807) is 0 Å². The quantitative estimate of drug-likeness (QED) is 0.677. The fourth-order valence-electron chi connectivity index (χ4n) is 4.63. The molecule has 1 aromatic heterocycles. The average Bonchev–Trinajstić information content (AvgIpc) is 3.10. The van der Waals surface area contributed by atoms with Crippen LogP contribution in [0, 0.1) is 0 Å². The molecule has 1 saturated heterocycles. The van der Waals surface area contributed by atoms with E-state index in [0.717, 1.165) is 37.3 Å². The van der Waals surface area contributed by atoms with Crippen LogP contribution in [-0.2, 0) is 7.05 Å². The second-order valence-electron chi connectivity index (χ2n) is 8.99. The minimum absolute atomic E-state index is 0.107. The number of hydrogen-bond acceptors (Lipinski definition) is 3. The number of carbonyl (C=O) groups is 1. The summed E-state index contributed by atoms with van der Waals surface area (Å²) in [5.74, 6) is 0.107. The topological polar surface area (TPSA) is 31.7 Å². The fraction of sp³-hybridized carbons (Fsp3) is 0.625. The third-order valence-electron chi connectivity index (χ3n) is 6.96. The predicted molar refractivity (Wildman–Crippen MR) is 121 cm³/mol. The highest BCUT2D eigenvalue weighted by molar-refractivity contribution is 5.97. The number of fused-ring (bicyclic) bond motifs is 1. The molecule has 0 aliphatic carbocycles. The molecule has 1 aromatic carbocycles. The molecule has 0 N–H and O–H groups in total. The molecule has 5 nitrogen and oxygen atoms in total. The van der Waals surface area contributed by atoms with Crippen molar-refractivity contribution < 1.29 is 4.79 Å². The number of unbranched alkanes of at least 4 members (excludes halogenated alkanes) is 1. The number of amides is 1. The Balaban J connectivity index is 1.53. The summed E-state index contributed by atoms with van der Waals surface area (Å²) in [7, 11) is 8.42. The van der Waals surface area contributed by atoms with Gasteiger partial charge in [0.1, 0.15) is 0 Å². The first-order valence-corrected chi connectivity index (χ1v) is 11.1. The number of hydrogen-bond donors (Lipinski definition) is 0. The van der Waals surface area contributed by atoms with Gasteiger partial charge in [-0.1, -0.05) is 25.8 Å². The Kier molecular flexibility index (Phi) is 7.01. The van der Waals surface area contributed by atoms with Gasteiger partial charge in [-0.3, -0.25) is 4.79 Å². The summed E-state index contributed by atoms with van der Waals surface area (Å²) in [5, 5.41) is 1.17. The summed E-state index contributed by atoms with van der Waals surface area (Å²) in [6, 6.07) is 8.07. The summed E-state index contributed by atoms with van der Waals surface area (Å²) in [6.07, 6.45) is 8.35. The Bertz CT molecular complexity index is 817. The van der Waals surface area contributed by atoms with Crippen molar-refractivity contribution in [3.63, 3.8) is 0 Å². The van der Waals surface area contributed by atoms with E-state index >= 15 is 0 Å². The molecular formula is C24H38N4O. The highest BCUT2D eigenvalue weighted by Crippen LogP contribution is 2.32. The maximum absolute atomic E-state index is 12.9. The Morgan fingerprint density at radius 3 is 2.52 bits per heavy atom. The van der Waals surface area contributed by atoms with Crippen LogP contribution in [0.1, 0.15) is 49.4 Å². The standard InChI is InChI=1S/C24H38N4O/c1-6-7-11-24(25(2)3)12-15-28(16-13-24)18-17-27(5)23(29)21-9-8-20-10-14-26(4)22(20)19-21/h8-10,14,19H,6-7,11-13,15-18H2,1-5H3. The Morgan fingerprint density at radius 1 is 1.14 bits per heavy atom. The zero-order valence-corrected chi connectivity index (χ0v) is 18.9. The van der Waals surface area contributed by atoms with Crippen LogP contribution in [-0.4, -0.2) is 78.0 Å². The van der Waals surface area contributed by atoms with Crippen LogP contribution in [0.5, 0.6) is 0 Å². The first-order valence-electron chi connectivity index (χ1n) is 11.1. The van der Waals surface area contributed by atoms with Gasteiger partial charge in [-0.15, -0.1) is 0 Å². The number of nitrogens with zero attached hydrogens (tertiary/aromatic N) is 4. The molecule has 1 aliphatic heterocycles. The molecule has 0 bridgehead atoms. The molecule has 3 rings (SSSR count). The second-order valence-corrected chi connectivity index (χ2v) is 8.99. The molecule has 1 fully saturated rings. The van der Waals surface area contributed by atoms with Crippen LogP contribution in [0.4, 0.5) is 0 Å². The van der Waals surface area contributed by atoms with Gasteiger partial charge in [0, 0.05) is 50.0 Å². The maximum Gasteiger partial charge on any atom is 0.253 e. The monoisotopic (exact) mass is 398 g/mol. The van der Waals surface area contributed by atoms with E-state index in [1.165, 1.54) is 37.5 Å². The maximum atomic E-state index is 12.9. The molecule has 1 aliphatic rings. The van der Waals surface area contributed by atoms with Crippen molar-refractivity contribution in [2.24, 2.45) is 7.05 Å². The molecule has 2 aromatic rings. The SMILES string of the molecule is CCCCC1(N(C)C)CCN(CCN(C)C(=O)c2ccc3ccn(C)c3c2)CC1. The zero-order valence-electron chi connectivity index (χ0n) is 18.9. The molecule has 29 heavy (non-hydrogen) atoms. The lowest BCUT2D eigenvalue weighted by Gasteiger charge is -2.46. The highest BCUT2D eigenvalue weighted by atomic mass is 16.2. The molecule has 0 saturated carbocycles. The molecule has 160 valence electrons. The van der Waals surface area contributed by atoms with E-state index in [4.69, 9.17) is 0 Å². The molecule has 0 spiro atoms. The van der Waals surface area contributed by atoms with Gasteiger partial charge in [-0.25, -0.2) is 0 Å². The Morgan fingerprint density at radius 2 is 1.86 bits per heavy atom. The van der Waals surface area contributed by atoms with Crippen molar-refractivity contribution in [2.45, 2.75) is 44.6 Å². The Hall–Kier alpha value is -1.85. The van der Waals surface area contributed by atoms with Crippen molar-refractivity contribution >= 4 is 16.8 Å². The van der Waals surface area contributed by atoms with Crippen molar-refractivity contribution in [2.75, 3.05) is 47.3 Å². The number of likely N-dealkylation sites (tertiary alicyclic amines) is 1. The van der Waals surface area contributed by atoms with E-state index in [1.807, 2.05) is 43.4 Å². The van der Waals surface area contributed by atoms with Crippen LogP contribution < -0.4 is 0 Å². The fourth-order valence-corrected chi connectivity index (χ4v) is 4.63. The van der Waals surface area contributed by atoms with Gasteiger partial charge in [0.15, 0.2) is 0 Å². The van der Waals surface area contributed by atoms with E-state index < -0.39 is 0 Å². The third kappa shape index (κ3) is 4.84. The number of piperidine rings is 1. The van der Waals surface area contributed by atoms with Gasteiger partial charge in [0.2, 0.25) is 0 Å². The number of likely N-dealkylation sites (N-methyl/N-ethyl adjacent to an activating group) is 1. The lowest BCUT2D eigenvalue weighted by Crippen LogP contribution is -2.53. The lowest BCUT2D eigenvalue weighted by molar-refractivity contribution is 0.0432. The van der Waals surface area contributed by atoms with E-state index in [0.29, 0.717) is 5.54 Å². The minimum Gasteiger partial charge on any atom is -0.351 e. The zero-order chi connectivity index (χ0) is 21.0. The number of rotatable bonds is 8. The summed E-state index contributed by atoms with van der Waals surface area (Å²) >= 11 is 0. The van der Waals surface area contributed by atoms with Crippen molar-refractivity contribution in [1.82, 2.24) is 19.3 Å². The van der Waals surface area contributed by atoms with Gasteiger partial charge in [-0.2, -0.15) is 0 Å². The van der Waals surface area contributed by atoms with Crippen LogP contribution >= 0.6 is 0 Å². The number of benzene rings is 1. The molecule has 0 unspecified atom stereocenters. The molecule has 0 atom stereocenters. The molecule has 2 heterocycles. The van der Waals surface area contributed by atoms with Gasteiger partial charge < -0.3 is 19.3 Å². The van der Waals surface area contributed by atoms with Crippen LogP contribution in [0.3, 0.4) is 0 Å². The first kappa shape index (κ1) is 21.8. The van der Waals surface area contributed by atoms with Gasteiger partial charge in [0.05, 0.1) is 0 Å². The summed E-state index contributed by atoms with van der Waals surface area (Å²) in [4.78, 5) is 19.7. The number of carbonyl (C=O) groups excluding carboxylic acids is 1. The Labute approximate surface area is 176 Å². The van der Waals surface area contributed by atoms with Gasteiger partial charge >= 0.3 is 0 Å². The van der Waals surface area contributed by atoms with Crippen LogP contribution in [0.25, 0.3) is 10.9 Å². The largest absolute Gasteiger partial charge is 0.351 e. The summed E-state index contributed by atoms with van der Waals surface area (Å²) in [5.41, 5.74) is 2.23. The van der Waals surface area contributed by atoms with Crippen LogP contribution in [0.15, 0.2) is 30.5 Å². The summed E-state index contributed by atoms with van der Waals surface area (Å²) < 4.78 is 2.06. The predicted octanol–water partition coefficient (Wildman–Crippen LogP) is 3.84. The van der Waals surface area contributed by atoms with E-state index in [2.05, 4.69) is 41.5 Å². The molecule has 5 heteroatoms. The molecule has 1 amide bonds. The molecule has 0 radical (unpaired) electrons. The number of aromatic nitrogens is 1. The number of aryl methyl sites for hydroxylation is 1. The van der Waals surface area contributed by atoms with E-state index in [9.17, 15) is 4.79 Å². The van der Waals surface area contributed by atoms with Gasteiger partial charge in [-0.05, 0) is 70.0 Å². The smallest absolute Gasteiger partial charge is 0.253 e. The normalized spacial score (nSPS) is 17.2. The lowest BCUT2D eigenvalue weighted by atomic mass is 9.82. The average molecular weight is 399 g/mol. The van der Waals surface area contributed by atoms with Gasteiger partial charge in [0.25, 0.3) is 5.91 Å². The van der Waals surface area contributed by atoms with Crippen molar-refractivity contribution in [3.8, 4) is 0 Å². The first-order chi connectivity index (χ1) is 13.9. The minimum atomic E-state index is 0.107. The summed E-state index contributed by atoms with van der Waals surface area (Å²) in [6.45, 7) is 6.25. The molecular weight excluding hydrogens is 360 g/mol. The van der Waals surface area contributed by atoms with Crippen molar-refractivity contribution in [1.29, 1.82) is 0 Å². The van der Waals surface area contributed by atoms with E-state index in [-0.39, 0.29) is 5.91 Å². The third-order valence-corrected chi connectivity index (χ3v) is 6.96. The highest BCUT2D eigenvalue weighted by Gasteiger charge is 2.35. The van der Waals surface area contributed by atoms with Crippen molar-refractivity contribution in [3.05, 3.63) is 36.0 Å². The second kappa shape index (κ2) is 9.31. The van der Waals surface area contributed by atoms with Crippen LogP contribution in [0.2, 0.25) is 0 Å².